The maximum atomic E-state index is 12.8. The Hall–Kier alpha value is -1.89. The van der Waals surface area contributed by atoms with Crippen molar-refractivity contribution in [2.75, 3.05) is 47.5 Å². The average Bonchev–Trinajstić information content (AvgIpc) is 3.47. The van der Waals surface area contributed by atoms with Gasteiger partial charge >= 0.3 is 19.8 Å². The first-order valence-electron chi connectivity index (χ1n) is 24.0. The van der Waals surface area contributed by atoms with Gasteiger partial charge in [-0.15, -0.1) is 0 Å². The zero-order chi connectivity index (χ0) is 45.2. The van der Waals surface area contributed by atoms with Crippen LogP contribution in [0.4, 0.5) is 0 Å². The Morgan fingerprint density at radius 1 is 0.721 bits per heavy atom. The molecule has 4 N–H and O–H groups in total. The van der Waals surface area contributed by atoms with Crippen LogP contribution in [0.25, 0.3) is 0 Å². The Morgan fingerprint density at radius 2 is 1.30 bits per heavy atom. The Bertz CT molecular complexity index is 1250. The smallest absolute Gasteiger partial charge is 0.461 e. The van der Waals surface area contributed by atoms with E-state index in [2.05, 4.69) is 26.0 Å². The lowest BCUT2D eigenvalue weighted by atomic mass is 9.89. The number of rotatable bonds is 39. The highest BCUT2D eigenvalue weighted by molar-refractivity contribution is 7.47. The molecule has 1 fully saturated rings. The molecule has 356 valence electrons. The molecule has 0 aliphatic heterocycles. The van der Waals surface area contributed by atoms with Crippen molar-refractivity contribution in [3.63, 3.8) is 0 Å². The molecule has 0 saturated heterocycles. The van der Waals surface area contributed by atoms with Crippen LogP contribution in [0.2, 0.25) is 0 Å². The summed E-state index contributed by atoms with van der Waals surface area (Å²) in [5.74, 6) is -1.69. The lowest BCUT2D eigenvalue weighted by Gasteiger charge is -2.24. The number of hydrogen-bond donors (Lipinski definition) is 4. The number of phosphoric ester groups is 1. The van der Waals surface area contributed by atoms with Gasteiger partial charge in [0, 0.05) is 18.8 Å². The number of allylic oxidation sites excluding steroid dienone is 3. The zero-order valence-corrected chi connectivity index (χ0v) is 39.9. The molecule has 13 heteroatoms. The van der Waals surface area contributed by atoms with E-state index in [0.717, 1.165) is 38.5 Å². The minimum absolute atomic E-state index is 0.0189. The van der Waals surface area contributed by atoms with Crippen molar-refractivity contribution in [3.05, 3.63) is 36.5 Å². The number of unbranched alkanes of at least 4 members (excludes halogenated alkanes) is 17. The van der Waals surface area contributed by atoms with Crippen LogP contribution < -0.4 is 0 Å². The van der Waals surface area contributed by atoms with Gasteiger partial charge in [-0.25, -0.2) is 4.57 Å². The fraction of sp³-hybridized carbons (Fsp3) is 0.833. The van der Waals surface area contributed by atoms with E-state index in [-0.39, 0.29) is 44.3 Å². The third-order valence-corrected chi connectivity index (χ3v) is 12.2. The summed E-state index contributed by atoms with van der Waals surface area (Å²) in [4.78, 5) is 35.7. The lowest BCUT2D eigenvalue weighted by molar-refractivity contribution is -0.870. The standard InChI is InChI=1S/C48H88NO11P/c1-6-8-10-11-12-13-14-15-16-17-18-19-20-21-22-23-24-25-27-33-48(54)60-42(40-59-61(55,56)58-37-36-49(3,4)5)39-57-47(53)32-29-28-31-43-44(46(52)38-45(43)51)35-34-41(50)30-26-9-7-2/h15-16,28-29,34-35,41-46,50-52H,6-14,17-27,30-33,36-40H2,1-5H3/p+1/b16-15-,29-28-,35-34+/t41-,42-,43+,44-,45+,46-/m1/s1. The number of likely N-dealkylation sites (N-methyl/N-ethyl adjacent to an activating group) is 1. The topological polar surface area (TPSA) is 169 Å². The van der Waals surface area contributed by atoms with Crippen molar-refractivity contribution >= 4 is 19.8 Å². The SMILES string of the molecule is CCCCCCCC/C=C\CCCCCCCCCCCC(=O)O[C@H](COC(=O)C/C=C\C[C@H]1[C@@H](/C=C/[C@H](O)CCCCC)[C@H](O)C[C@@H]1O)COP(=O)(O)OCC[N+](C)(C)C. The molecule has 0 spiro atoms. The maximum absolute atomic E-state index is 12.8. The molecule has 0 aromatic carbocycles. The quantitative estimate of drug-likeness (QED) is 0.0152. The Labute approximate surface area is 370 Å². The number of esters is 2. The summed E-state index contributed by atoms with van der Waals surface area (Å²) in [7, 11) is 1.31. The normalized spacial score (nSPS) is 20.5. The van der Waals surface area contributed by atoms with Gasteiger partial charge in [0.2, 0.25) is 0 Å². The van der Waals surface area contributed by atoms with Gasteiger partial charge in [-0.2, -0.15) is 0 Å². The largest absolute Gasteiger partial charge is 0.472 e. The molecule has 0 bridgehead atoms. The predicted octanol–water partition coefficient (Wildman–Crippen LogP) is 10.1. The summed E-state index contributed by atoms with van der Waals surface area (Å²) >= 11 is 0. The van der Waals surface area contributed by atoms with Gasteiger partial charge in [-0.05, 0) is 50.9 Å². The van der Waals surface area contributed by atoms with E-state index in [1.165, 1.54) is 83.5 Å². The number of carbonyl (C=O) groups is 2. The van der Waals surface area contributed by atoms with Crippen LogP contribution in [0.15, 0.2) is 36.5 Å². The minimum atomic E-state index is -4.46. The van der Waals surface area contributed by atoms with Crippen molar-refractivity contribution in [1.82, 2.24) is 0 Å². The van der Waals surface area contributed by atoms with Crippen LogP contribution in [-0.4, -0.2) is 109 Å². The molecular formula is C48H89NO11P+. The number of carbonyl (C=O) groups excluding carboxylic acids is 2. The van der Waals surface area contributed by atoms with Crippen molar-refractivity contribution in [2.45, 2.75) is 199 Å². The summed E-state index contributed by atoms with van der Waals surface area (Å²) in [6.45, 7) is 3.95. The zero-order valence-electron chi connectivity index (χ0n) is 39.0. The van der Waals surface area contributed by atoms with Gasteiger partial charge in [-0.3, -0.25) is 18.6 Å². The number of ether oxygens (including phenoxy) is 2. The van der Waals surface area contributed by atoms with Crippen molar-refractivity contribution in [1.29, 1.82) is 0 Å². The Kier molecular flexibility index (Phi) is 33.2. The molecule has 12 nitrogen and oxygen atoms in total. The third kappa shape index (κ3) is 32.4. The van der Waals surface area contributed by atoms with Crippen LogP contribution in [0.3, 0.4) is 0 Å². The van der Waals surface area contributed by atoms with Gasteiger partial charge in [0.1, 0.15) is 19.8 Å². The summed E-state index contributed by atoms with van der Waals surface area (Å²) < 4.78 is 34.3. The van der Waals surface area contributed by atoms with Gasteiger partial charge < -0.3 is 34.2 Å². The molecule has 0 radical (unpaired) electrons. The second kappa shape index (κ2) is 35.5. The van der Waals surface area contributed by atoms with Gasteiger partial charge in [0.25, 0.3) is 0 Å². The van der Waals surface area contributed by atoms with E-state index in [0.29, 0.717) is 30.3 Å². The second-order valence-electron chi connectivity index (χ2n) is 18.1. The number of aliphatic hydroxyl groups is 3. The second-order valence-corrected chi connectivity index (χ2v) is 19.6. The van der Waals surface area contributed by atoms with E-state index < -0.39 is 50.8 Å². The van der Waals surface area contributed by atoms with Crippen molar-refractivity contribution in [2.24, 2.45) is 11.8 Å². The van der Waals surface area contributed by atoms with Crippen LogP contribution in [0, 0.1) is 11.8 Å². The maximum Gasteiger partial charge on any atom is 0.472 e. The summed E-state index contributed by atoms with van der Waals surface area (Å²) in [5, 5.41) is 31.4. The first kappa shape index (κ1) is 57.1. The molecule has 0 amide bonds. The summed E-state index contributed by atoms with van der Waals surface area (Å²) in [6.07, 6.45) is 33.2. The highest BCUT2D eigenvalue weighted by Gasteiger charge is 2.39. The van der Waals surface area contributed by atoms with Crippen LogP contribution in [0.1, 0.15) is 174 Å². The monoisotopic (exact) mass is 887 g/mol. The molecule has 0 aromatic rings. The number of aliphatic hydroxyl groups excluding tert-OH is 3. The molecule has 1 saturated carbocycles. The summed E-state index contributed by atoms with van der Waals surface area (Å²) in [5.41, 5.74) is 0. The van der Waals surface area contributed by atoms with Gasteiger partial charge in [0.05, 0.1) is 52.5 Å². The average molecular weight is 887 g/mol. The van der Waals surface area contributed by atoms with E-state index in [4.69, 9.17) is 18.5 Å². The molecule has 7 atom stereocenters. The van der Waals surface area contributed by atoms with Gasteiger partial charge in [0.15, 0.2) is 6.10 Å². The van der Waals surface area contributed by atoms with Crippen molar-refractivity contribution < 1.29 is 57.4 Å². The summed E-state index contributed by atoms with van der Waals surface area (Å²) in [6, 6.07) is 0. The molecule has 1 aliphatic rings. The third-order valence-electron chi connectivity index (χ3n) is 11.2. The van der Waals surface area contributed by atoms with Crippen LogP contribution in [0.5, 0.6) is 0 Å². The van der Waals surface area contributed by atoms with E-state index in [1.54, 1.807) is 24.3 Å². The number of nitrogens with zero attached hydrogens (tertiary/aromatic N) is 1. The highest BCUT2D eigenvalue weighted by atomic mass is 31.2. The van der Waals surface area contributed by atoms with Crippen molar-refractivity contribution in [3.8, 4) is 0 Å². The fourth-order valence-corrected chi connectivity index (χ4v) is 8.13. The molecular weight excluding hydrogens is 797 g/mol. The number of hydrogen-bond acceptors (Lipinski definition) is 10. The minimum Gasteiger partial charge on any atom is -0.461 e. The lowest BCUT2D eigenvalue weighted by Crippen LogP contribution is -2.37. The number of quaternary nitrogens is 1. The molecule has 0 aromatic heterocycles. The highest BCUT2D eigenvalue weighted by Crippen LogP contribution is 2.43. The first-order valence-corrected chi connectivity index (χ1v) is 25.5. The first-order chi connectivity index (χ1) is 29.2. The van der Waals surface area contributed by atoms with E-state index in [1.807, 2.05) is 21.1 Å². The Morgan fingerprint density at radius 3 is 1.90 bits per heavy atom. The molecule has 1 rings (SSSR count). The Balaban J connectivity index is 2.48. The van der Waals surface area contributed by atoms with Crippen LogP contribution in [-0.2, 0) is 32.7 Å². The fourth-order valence-electron chi connectivity index (χ4n) is 7.39. The molecule has 1 aliphatic carbocycles. The predicted molar refractivity (Wildman–Crippen MR) is 245 cm³/mol. The molecule has 1 unspecified atom stereocenters. The van der Waals surface area contributed by atoms with Crippen LogP contribution >= 0.6 is 7.82 Å². The van der Waals surface area contributed by atoms with Gasteiger partial charge in [-0.1, -0.05) is 147 Å². The number of phosphoric acid groups is 1. The van der Waals surface area contributed by atoms with E-state index in [9.17, 15) is 34.4 Å². The molecule has 61 heavy (non-hydrogen) atoms. The molecule has 0 heterocycles. The van der Waals surface area contributed by atoms with E-state index >= 15 is 0 Å².